The topological polar surface area (TPSA) is 83.6 Å². The Morgan fingerprint density at radius 2 is 2.03 bits per heavy atom. The van der Waals surface area contributed by atoms with Crippen LogP contribution in [0.4, 0.5) is 5.13 Å². The summed E-state index contributed by atoms with van der Waals surface area (Å²) in [7, 11) is 0. The van der Waals surface area contributed by atoms with Crippen molar-refractivity contribution in [3.05, 3.63) is 63.9 Å². The first-order chi connectivity index (χ1) is 14.0. The van der Waals surface area contributed by atoms with Gasteiger partial charge < -0.3 is 4.57 Å². The van der Waals surface area contributed by atoms with Crippen LogP contribution in [-0.4, -0.2) is 20.7 Å². The summed E-state index contributed by atoms with van der Waals surface area (Å²) in [5.41, 5.74) is 3.90. The molecule has 148 valence electrons. The molecule has 0 aliphatic rings. The maximum Gasteiger partial charge on any atom is 0.268 e. The fraction of sp³-hybridized carbons (Fsp3) is 0.273. The number of anilines is 1. The first-order valence-corrected chi connectivity index (χ1v) is 10.3. The number of carbonyl (C=O) groups excluding carboxylic acids is 1. The molecule has 0 radical (unpaired) electrons. The first kappa shape index (κ1) is 20.5. The Kier molecular flexibility index (Phi) is 6.57. The molecular weight excluding hydrogens is 382 g/mol. The molecule has 2 heterocycles. The van der Waals surface area contributed by atoms with E-state index in [0.717, 1.165) is 46.9 Å². The van der Waals surface area contributed by atoms with Gasteiger partial charge in [0.05, 0.1) is 0 Å². The maximum absolute atomic E-state index is 12.6. The van der Waals surface area contributed by atoms with Crippen molar-refractivity contribution in [2.45, 2.75) is 40.0 Å². The van der Waals surface area contributed by atoms with Crippen LogP contribution in [-0.2, 0) is 11.2 Å². The van der Waals surface area contributed by atoms with Crippen molar-refractivity contribution in [3.8, 4) is 11.8 Å². The van der Waals surface area contributed by atoms with Crippen molar-refractivity contribution < 1.29 is 4.79 Å². The minimum absolute atomic E-state index is 0.0311. The highest BCUT2D eigenvalue weighted by atomic mass is 32.1. The Bertz CT molecular complexity index is 1070. The molecule has 1 aromatic carbocycles. The molecule has 6 nitrogen and oxygen atoms in total. The lowest BCUT2D eigenvalue weighted by Crippen LogP contribution is -2.13. The molecule has 0 unspecified atom stereocenters. The summed E-state index contributed by atoms with van der Waals surface area (Å²) in [5, 5.41) is 21.6. The minimum Gasteiger partial charge on any atom is -0.318 e. The number of rotatable bonds is 7. The van der Waals surface area contributed by atoms with Crippen molar-refractivity contribution in [1.82, 2.24) is 14.8 Å². The minimum atomic E-state index is -0.477. The van der Waals surface area contributed by atoms with Crippen molar-refractivity contribution >= 4 is 28.5 Å². The SMILES string of the molecule is CCCCc1nnc(NC(=O)/C(C#N)=C\c2cc(C)n(-c3ccccc3)c2C)s1. The number of aryl methyl sites for hydroxylation is 2. The van der Waals surface area contributed by atoms with Crippen LogP contribution in [0.1, 0.15) is 41.7 Å². The molecule has 0 saturated heterocycles. The molecule has 0 bridgehead atoms. The van der Waals surface area contributed by atoms with Crippen LogP contribution >= 0.6 is 11.3 Å². The molecule has 0 fully saturated rings. The Hall–Kier alpha value is -3.24. The predicted octanol–water partition coefficient (Wildman–Crippen LogP) is 4.83. The third kappa shape index (κ3) is 4.79. The number of nitrogens with zero attached hydrogens (tertiary/aromatic N) is 4. The van der Waals surface area contributed by atoms with Gasteiger partial charge in [0.25, 0.3) is 5.91 Å². The number of hydrogen-bond acceptors (Lipinski definition) is 5. The van der Waals surface area contributed by atoms with Crippen LogP contribution in [0.3, 0.4) is 0 Å². The number of unbranched alkanes of at least 4 members (excludes halogenated alkanes) is 1. The lowest BCUT2D eigenvalue weighted by molar-refractivity contribution is -0.112. The molecule has 0 aliphatic carbocycles. The number of amides is 1. The molecular formula is C22H23N5OS. The van der Waals surface area contributed by atoms with Crippen molar-refractivity contribution in [1.29, 1.82) is 5.26 Å². The fourth-order valence-corrected chi connectivity index (χ4v) is 3.89. The van der Waals surface area contributed by atoms with E-state index < -0.39 is 5.91 Å². The van der Waals surface area contributed by atoms with Gasteiger partial charge in [0.15, 0.2) is 0 Å². The van der Waals surface area contributed by atoms with E-state index in [4.69, 9.17) is 0 Å². The molecule has 0 saturated carbocycles. The van der Waals surface area contributed by atoms with Crippen LogP contribution in [0.25, 0.3) is 11.8 Å². The molecule has 0 atom stereocenters. The Labute approximate surface area is 174 Å². The summed E-state index contributed by atoms with van der Waals surface area (Å²) < 4.78 is 2.10. The van der Waals surface area contributed by atoms with E-state index in [1.807, 2.05) is 56.3 Å². The highest BCUT2D eigenvalue weighted by molar-refractivity contribution is 7.15. The van der Waals surface area contributed by atoms with Gasteiger partial charge in [-0.3, -0.25) is 10.1 Å². The summed E-state index contributed by atoms with van der Waals surface area (Å²) >= 11 is 1.35. The zero-order valence-corrected chi connectivity index (χ0v) is 17.6. The first-order valence-electron chi connectivity index (χ1n) is 9.53. The molecule has 1 N–H and O–H groups in total. The van der Waals surface area contributed by atoms with Crippen molar-refractivity contribution in [3.63, 3.8) is 0 Å². The summed E-state index contributed by atoms with van der Waals surface area (Å²) in [6, 6.07) is 14.0. The van der Waals surface area contributed by atoms with Crippen LogP contribution < -0.4 is 5.32 Å². The number of hydrogen-bond donors (Lipinski definition) is 1. The number of nitriles is 1. The van der Waals surface area contributed by atoms with Crippen molar-refractivity contribution in [2.24, 2.45) is 0 Å². The Morgan fingerprint density at radius 3 is 2.72 bits per heavy atom. The van der Waals surface area contributed by atoms with Gasteiger partial charge in [-0.2, -0.15) is 5.26 Å². The fourth-order valence-electron chi connectivity index (χ4n) is 3.11. The molecule has 1 amide bonds. The monoisotopic (exact) mass is 405 g/mol. The zero-order chi connectivity index (χ0) is 20.8. The number of aromatic nitrogens is 3. The number of carbonyl (C=O) groups is 1. The second-order valence-electron chi connectivity index (χ2n) is 6.73. The van der Waals surface area contributed by atoms with E-state index in [-0.39, 0.29) is 5.57 Å². The van der Waals surface area contributed by atoms with Gasteiger partial charge in [0, 0.05) is 23.5 Å². The Balaban J connectivity index is 1.82. The van der Waals surface area contributed by atoms with E-state index in [0.29, 0.717) is 5.13 Å². The molecule has 0 aliphatic heterocycles. The summed E-state index contributed by atoms with van der Waals surface area (Å²) in [5.74, 6) is -0.477. The molecule has 7 heteroatoms. The largest absolute Gasteiger partial charge is 0.318 e. The molecule has 2 aromatic heterocycles. The number of para-hydroxylation sites is 1. The van der Waals surface area contributed by atoms with E-state index in [1.165, 1.54) is 11.3 Å². The van der Waals surface area contributed by atoms with Crippen LogP contribution in [0.15, 0.2) is 42.0 Å². The van der Waals surface area contributed by atoms with Gasteiger partial charge in [0.1, 0.15) is 16.6 Å². The maximum atomic E-state index is 12.6. The molecule has 3 aromatic rings. The number of nitrogens with one attached hydrogen (secondary N) is 1. The summed E-state index contributed by atoms with van der Waals surface area (Å²) in [4.78, 5) is 12.6. The second-order valence-corrected chi connectivity index (χ2v) is 7.79. The third-order valence-corrected chi connectivity index (χ3v) is 5.48. The lowest BCUT2D eigenvalue weighted by Gasteiger charge is -2.09. The smallest absolute Gasteiger partial charge is 0.268 e. The predicted molar refractivity (Wildman–Crippen MR) is 116 cm³/mol. The van der Waals surface area contributed by atoms with Crippen molar-refractivity contribution in [2.75, 3.05) is 5.32 Å². The average molecular weight is 406 g/mol. The van der Waals surface area contributed by atoms with Gasteiger partial charge in [-0.1, -0.05) is 42.9 Å². The second kappa shape index (κ2) is 9.30. The van der Waals surface area contributed by atoms with E-state index in [1.54, 1.807) is 6.08 Å². The van der Waals surface area contributed by atoms with Crippen LogP contribution in [0, 0.1) is 25.2 Å². The highest BCUT2D eigenvalue weighted by Gasteiger charge is 2.15. The van der Waals surface area contributed by atoms with E-state index in [9.17, 15) is 10.1 Å². The third-order valence-electron chi connectivity index (χ3n) is 4.58. The van der Waals surface area contributed by atoms with Crippen LogP contribution in [0.5, 0.6) is 0 Å². The standard InChI is InChI=1S/C22H23N5OS/c1-4-5-11-20-25-26-22(29-20)24-21(28)18(14-23)13-17-12-15(2)27(16(17)3)19-9-7-6-8-10-19/h6-10,12-13H,4-5,11H2,1-3H3,(H,24,26,28)/b18-13-. The normalized spacial score (nSPS) is 11.3. The van der Waals surface area contributed by atoms with Gasteiger partial charge in [-0.15, -0.1) is 10.2 Å². The zero-order valence-electron chi connectivity index (χ0n) is 16.8. The highest BCUT2D eigenvalue weighted by Crippen LogP contribution is 2.23. The quantitative estimate of drug-likeness (QED) is 0.450. The van der Waals surface area contributed by atoms with E-state index in [2.05, 4.69) is 27.0 Å². The average Bonchev–Trinajstić information content (AvgIpc) is 3.28. The lowest BCUT2D eigenvalue weighted by atomic mass is 10.1. The molecule has 3 rings (SSSR count). The van der Waals surface area contributed by atoms with Gasteiger partial charge in [0.2, 0.25) is 5.13 Å². The molecule has 0 spiro atoms. The molecule has 29 heavy (non-hydrogen) atoms. The van der Waals surface area contributed by atoms with E-state index >= 15 is 0 Å². The van der Waals surface area contributed by atoms with Gasteiger partial charge in [-0.25, -0.2) is 0 Å². The van der Waals surface area contributed by atoms with Crippen LogP contribution in [0.2, 0.25) is 0 Å². The summed E-state index contributed by atoms with van der Waals surface area (Å²) in [6.45, 7) is 6.09. The van der Waals surface area contributed by atoms with Gasteiger partial charge in [-0.05, 0) is 50.1 Å². The number of benzene rings is 1. The summed E-state index contributed by atoms with van der Waals surface area (Å²) in [6.07, 6.45) is 4.57. The van der Waals surface area contributed by atoms with Gasteiger partial charge >= 0.3 is 0 Å². The Morgan fingerprint density at radius 1 is 1.28 bits per heavy atom.